The van der Waals surface area contributed by atoms with Crippen LogP contribution in [0.15, 0.2) is 18.3 Å². The highest BCUT2D eigenvalue weighted by Crippen LogP contribution is 2.31. The van der Waals surface area contributed by atoms with E-state index >= 15 is 0 Å². The van der Waals surface area contributed by atoms with Crippen molar-refractivity contribution >= 4 is 11.8 Å². The molecule has 2 aliphatic heterocycles. The van der Waals surface area contributed by atoms with Crippen LogP contribution in [-0.4, -0.2) is 85.9 Å². The van der Waals surface area contributed by atoms with E-state index < -0.39 is 5.79 Å². The Morgan fingerprint density at radius 2 is 1.96 bits per heavy atom. The van der Waals surface area contributed by atoms with E-state index in [9.17, 15) is 9.59 Å². The molecule has 0 atom stereocenters. The number of ether oxygens (including phenoxy) is 2. The van der Waals surface area contributed by atoms with Crippen LogP contribution < -0.4 is 5.32 Å². The van der Waals surface area contributed by atoms with Crippen LogP contribution in [0.25, 0.3) is 0 Å². The summed E-state index contributed by atoms with van der Waals surface area (Å²) in [7, 11) is 3.98. The number of carbonyl (C=O) groups is 2. The van der Waals surface area contributed by atoms with E-state index in [1.54, 1.807) is 17.0 Å². The highest BCUT2D eigenvalue weighted by molar-refractivity contribution is 5.98. The van der Waals surface area contributed by atoms with Gasteiger partial charge in [-0.15, -0.1) is 0 Å². The minimum atomic E-state index is -0.507. The molecule has 0 unspecified atom stereocenters. The Kier molecular flexibility index (Phi) is 6.41. The standard InChI is InChI=1S/C19H28N4O4/c1-22(2)9-3-7-21-17(24)16-14-15(4-8-20-16)18(25)23-10-5-19(6-11-23)26-12-13-27-19/h4,8,14H,3,5-7,9-13H2,1-2H3,(H,21,24). The Bertz CT molecular complexity index is 663. The van der Waals surface area contributed by atoms with Crippen molar-refractivity contribution in [2.45, 2.75) is 25.0 Å². The number of nitrogens with one attached hydrogen (secondary N) is 1. The molecular weight excluding hydrogens is 348 g/mol. The van der Waals surface area contributed by atoms with Gasteiger partial charge in [0.25, 0.3) is 11.8 Å². The van der Waals surface area contributed by atoms with E-state index in [1.807, 2.05) is 14.1 Å². The molecule has 148 valence electrons. The first-order valence-electron chi connectivity index (χ1n) is 9.45. The fourth-order valence-electron chi connectivity index (χ4n) is 3.39. The second-order valence-electron chi connectivity index (χ2n) is 7.24. The summed E-state index contributed by atoms with van der Waals surface area (Å²) >= 11 is 0. The molecule has 1 N–H and O–H groups in total. The lowest BCUT2D eigenvalue weighted by Crippen LogP contribution is -2.47. The molecular formula is C19H28N4O4. The maximum Gasteiger partial charge on any atom is 0.269 e. The van der Waals surface area contributed by atoms with Crippen LogP contribution >= 0.6 is 0 Å². The Labute approximate surface area is 159 Å². The summed E-state index contributed by atoms with van der Waals surface area (Å²) in [5.41, 5.74) is 0.745. The Morgan fingerprint density at radius 1 is 1.26 bits per heavy atom. The molecule has 1 aromatic heterocycles. The number of pyridine rings is 1. The number of carbonyl (C=O) groups excluding carboxylic acids is 2. The van der Waals surface area contributed by atoms with Gasteiger partial charge >= 0.3 is 0 Å². The number of amides is 2. The van der Waals surface area contributed by atoms with Gasteiger partial charge in [0.2, 0.25) is 0 Å². The van der Waals surface area contributed by atoms with Gasteiger partial charge in [-0.1, -0.05) is 0 Å². The lowest BCUT2D eigenvalue weighted by atomic mass is 10.0. The average Bonchev–Trinajstić information content (AvgIpc) is 3.13. The zero-order chi connectivity index (χ0) is 19.3. The molecule has 2 aliphatic rings. The predicted molar refractivity (Wildman–Crippen MR) is 99.5 cm³/mol. The maximum absolute atomic E-state index is 12.8. The van der Waals surface area contributed by atoms with E-state index in [-0.39, 0.29) is 17.5 Å². The van der Waals surface area contributed by atoms with Crippen molar-refractivity contribution < 1.29 is 19.1 Å². The zero-order valence-corrected chi connectivity index (χ0v) is 16.1. The largest absolute Gasteiger partial charge is 0.351 e. The summed E-state index contributed by atoms with van der Waals surface area (Å²) in [6.07, 6.45) is 3.71. The lowest BCUT2D eigenvalue weighted by Gasteiger charge is -2.37. The highest BCUT2D eigenvalue weighted by atomic mass is 16.7. The molecule has 2 amide bonds. The van der Waals surface area contributed by atoms with E-state index in [4.69, 9.17) is 9.47 Å². The summed E-state index contributed by atoms with van der Waals surface area (Å²) in [5, 5.41) is 2.85. The van der Waals surface area contributed by atoms with Crippen LogP contribution in [0.4, 0.5) is 0 Å². The number of rotatable bonds is 6. The molecule has 2 fully saturated rings. The summed E-state index contributed by atoms with van der Waals surface area (Å²) in [6, 6.07) is 3.22. The second kappa shape index (κ2) is 8.77. The van der Waals surface area contributed by atoms with Gasteiger partial charge in [0.1, 0.15) is 5.69 Å². The van der Waals surface area contributed by atoms with Gasteiger partial charge in [0.15, 0.2) is 5.79 Å². The summed E-state index contributed by atoms with van der Waals surface area (Å²) in [5.74, 6) is -0.854. The molecule has 0 radical (unpaired) electrons. The smallest absolute Gasteiger partial charge is 0.269 e. The molecule has 27 heavy (non-hydrogen) atoms. The van der Waals surface area contributed by atoms with E-state index in [1.165, 1.54) is 6.20 Å². The molecule has 0 aromatic carbocycles. The maximum atomic E-state index is 12.8. The van der Waals surface area contributed by atoms with Crippen molar-refractivity contribution in [1.82, 2.24) is 20.1 Å². The Balaban J connectivity index is 1.55. The fraction of sp³-hybridized carbons (Fsp3) is 0.632. The molecule has 3 heterocycles. The quantitative estimate of drug-likeness (QED) is 0.738. The minimum absolute atomic E-state index is 0.0908. The average molecular weight is 376 g/mol. The first-order chi connectivity index (χ1) is 13.0. The minimum Gasteiger partial charge on any atom is -0.351 e. The van der Waals surface area contributed by atoms with E-state index in [0.717, 1.165) is 13.0 Å². The van der Waals surface area contributed by atoms with Crippen LogP contribution in [0.1, 0.15) is 40.1 Å². The van der Waals surface area contributed by atoms with Gasteiger partial charge in [-0.25, -0.2) is 0 Å². The first kappa shape index (κ1) is 19.7. The van der Waals surface area contributed by atoms with Gasteiger partial charge in [-0.05, 0) is 39.2 Å². The number of hydrogen-bond acceptors (Lipinski definition) is 6. The summed E-state index contributed by atoms with van der Waals surface area (Å²) < 4.78 is 11.4. The molecule has 2 saturated heterocycles. The summed E-state index contributed by atoms with van der Waals surface area (Å²) in [4.78, 5) is 33.0. The molecule has 1 spiro atoms. The third-order valence-corrected chi connectivity index (χ3v) is 4.93. The number of likely N-dealkylation sites (tertiary alicyclic amines) is 1. The predicted octanol–water partition coefficient (Wildman–Crippen LogP) is 0.742. The molecule has 0 saturated carbocycles. The third kappa shape index (κ3) is 5.03. The van der Waals surface area contributed by atoms with E-state index in [0.29, 0.717) is 51.3 Å². The van der Waals surface area contributed by atoms with Gasteiger partial charge in [0, 0.05) is 44.2 Å². The molecule has 0 aliphatic carbocycles. The van der Waals surface area contributed by atoms with Gasteiger partial charge in [0.05, 0.1) is 13.2 Å². The monoisotopic (exact) mass is 376 g/mol. The van der Waals surface area contributed by atoms with Gasteiger partial charge in [-0.3, -0.25) is 14.6 Å². The van der Waals surface area contributed by atoms with Crippen molar-refractivity contribution in [1.29, 1.82) is 0 Å². The van der Waals surface area contributed by atoms with Crippen molar-refractivity contribution in [3.05, 3.63) is 29.6 Å². The zero-order valence-electron chi connectivity index (χ0n) is 16.1. The van der Waals surface area contributed by atoms with Crippen LogP contribution in [0.2, 0.25) is 0 Å². The number of hydrogen-bond donors (Lipinski definition) is 1. The SMILES string of the molecule is CN(C)CCCNC(=O)c1cc(C(=O)N2CCC3(CC2)OCCO3)ccn1. The summed E-state index contributed by atoms with van der Waals surface area (Å²) in [6.45, 7) is 3.86. The molecule has 8 heteroatoms. The second-order valence-corrected chi connectivity index (χ2v) is 7.24. The molecule has 0 bridgehead atoms. The topological polar surface area (TPSA) is 84.0 Å². The molecule has 1 aromatic rings. The van der Waals surface area contributed by atoms with Crippen LogP contribution in [0.5, 0.6) is 0 Å². The number of aromatic nitrogens is 1. The Morgan fingerprint density at radius 3 is 2.63 bits per heavy atom. The Hall–Kier alpha value is -2.03. The van der Waals surface area contributed by atoms with Crippen molar-refractivity contribution in [3.8, 4) is 0 Å². The third-order valence-electron chi connectivity index (χ3n) is 4.93. The fourth-order valence-corrected chi connectivity index (χ4v) is 3.39. The van der Waals surface area contributed by atoms with Crippen molar-refractivity contribution in [3.63, 3.8) is 0 Å². The highest BCUT2D eigenvalue weighted by Gasteiger charge is 2.40. The van der Waals surface area contributed by atoms with Gasteiger partial charge < -0.3 is 24.6 Å². The van der Waals surface area contributed by atoms with Crippen LogP contribution in [-0.2, 0) is 9.47 Å². The van der Waals surface area contributed by atoms with E-state index in [2.05, 4.69) is 15.2 Å². The molecule has 8 nitrogen and oxygen atoms in total. The van der Waals surface area contributed by atoms with Gasteiger partial charge in [-0.2, -0.15) is 0 Å². The van der Waals surface area contributed by atoms with Crippen molar-refractivity contribution in [2.75, 3.05) is 53.5 Å². The first-order valence-corrected chi connectivity index (χ1v) is 9.45. The normalized spacial score (nSPS) is 18.9. The van der Waals surface area contributed by atoms with Crippen LogP contribution in [0.3, 0.4) is 0 Å². The lowest BCUT2D eigenvalue weighted by molar-refractivity contribution is -0.181. The number of piperidine rings is 1. The van der Waals surface area contributed by atoms with Crippen molar-refractivity contribution in [2.24, 2.45) is 0 Å². The van der Waals surface area contributed by atoms with Crippen LogP contribution in [0, 0.1) is 0 Å². The molecule has 3 rings (SSSR count). The number of nitrogens with zero attached hydrogens (tertiary/aromatic N) is 3.